The number of rotatable bonds is 6. The maximum absolute atomic E-state index is 13.7. The van der Waals surface area contributed by atoms with E-state index in [1.165, 1.54) is 25.3 Å². The van der Waals surface area contributed by atoms with Crippen LogP contribution in [0.1, 0.15) is 68.8 Å². The minimum absolute atomic E-state index is 0. The normalized spacial score (nSPS) is 28.4. The average molecular weight is 608 g/mol. The van der Waals surface area contributed by atoms with Crippen LogP contribution in [0.5, 0.6) is 17.2 Å². The van der Waals surface area contributed by atoms with Crippen molar-refractivity contribution in [2.75, 3.05) is 27.8 Å². The molecule has 1 saturated heterocycles. The van der Waals surface area contributed by atoms with Crippen LogP contribution in [0.15, 0.2) is 18.2 Å². The Hall–Kier alpha value is -3.10. The van der Waals surface area contributed by atoms with E-state index in [0.717, 1.165) is 0 Å². The van der Waals surface area contributed by atoms with Gasteiger partial charge in [-0.05, 0) is 27.1 Å². The highest BCUT2D eigenvalue weighted by Crippen LogP contribution is 2.52. The number of halogens is 1. The Morgan fingerprint density at radius 3 is 2.40 bits per heavy atom. The fraction of sp³-hybridized carbons (Fsp3) is 0.483. The van der Waals surface area contributed by atoms with Gasteiger partial charge in [0.25, 0.3) is 0 Å². The fourth-order valence-electron chi connectivity index (χ4n) is 6.21. The van der Waals surface area contributed by atoms with Gasteiger partial charge in [-0.15, -0.1) is 12.4 Å². The van der Waals surface area contributed by atoms with Gasteiger partial charge in [0.1, 0.15) is 29.5 Å². The van der Waals surface area contributed by atoms with Crippen LogP contribution in [0.4, 0.5) is 0 Å². The lowest BCUT2D eigenvalue weighted by Crippen LogP contribution is -2.54. The van der Waals surface area contributed by atoms with Crippen molar-refractivity contribution in [3.63, 3.8) is 0 Å². The molecule has 1 heterocycles. The summed E-state index contributed by atoms with van der Waals surface area (Å²) in [6.45, 7) is 0.651. The van der Waals surface area contributed by atoms with Crippen LogP contribution >= 0.6 is 12.4 Å². The summed E-state index contributed by atoms with van der Waals surface area (Å²) in [7, 11) is 4.89. The van der Waals surface area contributed by atoms with E-state index >= 15 is 0 Å². The number of ketones is 3. The highest BCUT2D eigenvalue weighted by molar-refractivity contribution is 6.31. The zero-order valence-electron chi connectivity index (χ0n) is 23.5. The predicted molar refractivity (Wildman–Crippen MR) is 149 cm³/mol. The third kappa shape index (κ3) is 4.86. The van der Waals surface area contributed by atoms with Gasteiger partial charge >= 0.3 is 0 Å². The quantitative estimate of drug-likeness (QED) is 0.251. The molecule has 42 heavy (non-hydrogen) atoms. The molecule has 3 aliphatic rings. The summed E-state index contributed by atoms with van der Waals surface area (Å²) in [5, 5.41) is 54.5. The molecule has 0 aromatic heterocycles. The van der Waals surface area contributed by atoms with Crippen molar-refractivity contribution in [3.05, 3.63) is 51.6 Å². The van der Waals surface area contributed by atoms with Gasteiger partial charge in [0.05, 0.1) is 42.1 Å². The van der Waals surface area contributed by atoms with Crippen molar-refractivity contribution < 1.29 is 54.1 Å². The van der Waals surface area contributed by atoms with E-state index in [1.807, 2.05) is 0 Å². The Balaban J connectivity index is 0.00000405. The van der Waals surface area contributed by atoms with Crippen LogP contribution in [0.2, 0.25) is 0 Å². The molecule has 1 fully saturated rings. The number of aromatic hydroxyl groups is 2. The molecule has 5 rings (SSSR count). The number of aliphatic hydroxyl groups excluding tert-OH is 2. The first kappa shape index (κ1) is 31.8. The molecule has 2 aromatic carbocycles. The number of ether oxygens (including phenoxy) is 3. The number of nitrogens with zero attached hydrogens (tertiary/aromatic N) is 1. The monoisotopic (exact) mass is 607 g/mol. The molecule has 0 radical (unpaired) electrons. The number of phenols is 2. The second kappa shape index (κ2) is 11.5. The Kier molecular flexibility index (Phi) is 8.74. The SMILES string of the molecule is COc1cccc2c1C(=O)c1c(O)c3c(c(O)c1C2=O)C[C@@](O)(C(=O)CO)C[C@@H]3OC1C[C@@H](N(C)C)[C@@H](O)[C@H](C)O1.Cl. The number of phenolic OH excluding ortho intramolecular Hbond substituents is 2. The molecule has 1 aliphatic heterocycles. The molecule has 0 amide bonds. The van der Waals surface area contributed by atoms with Crippen molar-refractivity contribution in [1.82, 2.24) is 4.90 Å². The Labute approximate surface area is 247 Å². The summed E-state index contributed by atoms with van der Waals surface area (Å²) in [6, 6.07) is 4.02. The second-order valence-corrected chi connectivity index (χ2v) is 11.0. The van der Waals surface area contributed by atoms with E-state index in [2.05, 4.69) is 0 Å². The highest BCUT2D eigenvalue weighted by atomic mass is 35.5. The Bertz CT molecular complexity index is 1440. The first-order valence-electron chi connectivity index (χ1n) is 13.2. The van der Waals surface area contributed by atoms with Crippen LogP contribution in [-0.2, 0) is 20.7 Å². The van der Waals surface area contributed by atoms with Crippen LogP contribution in [0.3, 0.4) is 0 Å². The van der Waals surface area contributed by atoms with Gasteiger partial charge in [-0.2, -0.15) is 0 Å². The zero-order chi connectivity index (χ0) is 30.0. The summed E-state index contributed by atoms with van der Waals surface area (Å²) in [6.07, 6.45) is -4.61. The van der Waals surface area contributed by atoms with Crippen LogP contribution in [0, 0.1) is 0 Å². The van der Waals surface area contributed by atoms with Crippen LogP contribution in [-0.4, -0.2) is 106 Å². The number of fused-ring (bicyclic) bond motifs is 3. The third-order valence-corrected chi connectivity index (χ3v) is 8.39. The minimum Gasteiger partial charge on any atom is -0.507 e. The average Bonchev–Trinajstić information content (AvgIpc) is 2.94. The van der Waals surface area contributed by atoms with Gasteiger partial charge in [0, 0.05) is 42.0 Å². The Morgan fingerprint density at radius 1 is 1.12 bits per heavy atom. The molecule has 0 spiro atoms. The minimum atomic E-state index is -2.23. The molecule has 6 atom stereocenters. The fourth-order valence-corrected chi connectivity index (χ4v) is 6.21. The number of hydrogen-bond acceptors (Lipinski definition) is 12. The van der Waals surface area contributed by atoms with E-state index < -0.39 is 89.6 Å². The van der Waals surface area contributed by atoms with Gasteiger partial charge in [-0.1, -0.05) is 12.1 Å². The summed E-state index contributed by atoms with van der Waals surface area (Å²) in [5.74, 6) is -3.68. The lowest BCUT2D eigenvalue weighted by atomic mass is 9.72. The number of aliphatic hydroxyl groups is 3. The maximum atomic E-state index is 13.7. The molecule has 12 nitrogen and oxygen atoms in total. The van der Waals surface area contributed by atoms with E-state index in [9.17, 15) is 39.9 Å². The molecule has 13 heteroatoms. The molecule has 1 unspecified atom stereocenters. The molecular formula is C29H34ClNO11. The number of carbonyl (C=O) groups excluding carboxylic acids is 3. The van der Waals surface area contributed by atoms with Gasteiger partial charge in [0.2, 0.25) is 5.78 Å². The first-order chi connectivity index (χ1) is 19.3. The number of benzene rings is 2. The molecule has 0 saturated carbocycles. The summed E-state index contributed by atoms with van der Waals surface area (Å²) >= 11 is 0. The largest absolute Gasteiger partial charge is 0.507 e. The van der Waals surface area contributed by atoms with Crippen LogP contribution in [0.25, 0.3) is 0 Å². The maximum Gasteiger partial charge on any atom is 0.202 e. The van der Waals surface area contributed by atoms with Gasteiger partial charge in [-0.25, -0.2) is 0 Å². The zero-order valence-corrected chi connectivity index (χ0v) is 24.3. The van der Waals surface area contributed by atoms with Crippen molar-refractivity contribution in [1.29, 1.82) is 0 Å². The summed E-state index contributed by atoms with van der Waals surface area (Å²) < 4.78 is 17.3. The van der Waals surface area contributed by atoms with Crippen LogP contribution < -0.4 is 4.74 Å². The van der Waals surface area contributed by atoms with Gasteiger partial charge in [-0.3, -0.25) is 14.4 Å². The molecule has 2 aliphatic carbocycles. The lowest BCUT2D eigenvalue weighted by Gasteiger charge is -2.44. The number of likely N-dealkylation sites (N-methyl/N-ethyl adjacent to an activating group) is 1. The molecule has 0 bridgehead atoms. The topological polar surface area (TPSA) is 183 Å². The van der Waals surface area contributed by atoms with Crippen molar-refractivity contribution in [2.24, 2.45) is 0 Å². The number of methoxy groups -OCH3 is 1. The second-order valence-electron chi connectivity index (χ2n) is 11.0. The van der Waals surface area contributed by atoms with E-state index in [1.54, 1.807) is 25.9 Å². The predicted octanol–water partition coefficient (Wildman–Crippen LogP) is 1.03. The first-order valence-corrected chi connectivity index (χ1v) is 13.2. The molecule has 5 N–H and O–H groups in total. The van der Waals surface area contributed by atoms with E-state index in [-0.39, 0.29) is 52.9 Å². The number of carbonyl (C=O) groups is 3. The molecule has 228 valence electrons. The van der Waals surface area contributed by atoms with Crippen molar-refractivity contribution in [3.8, 4) is 17.2 Å². The standard InChI is InChI=1S/C29H33NO11.ClH/c1-12-24(33)15(30(2)3)8-19(40-12)41-17-10-29(38,18(32)11-31)9-14-21(17)28(37)23-22(26(14)35)25(34)13-6-5-7-16(39-4)20(13)27(23)36;/h5-7,12,15,17,19,24,31,33,35,37-38H,8-11H2,1-4H3;1H/t12-,15+,17-,19?,24-,29-;/m0./s1. The van der Waals surface area contributed by atoms with Gasteiger partial charge in [0.15, 0.2) is 17.9 Å². The molecule has 2 aromatic rings. The third-order valence-electron chi connectivity index (χ3n) is 8.39. The Morgan fingerprint density at radius 2 is 1.79 bits per heavy atom. The van der Waals surface area contributed by atoms with Crippen molar-refractivity contribution in [2.45, 2.75) is 62.4 Å². The number of Topliss-reactive ketones (excluding diaryl/α,β-unsaturated/α-hetero) is 1. The smallest absolute Gasteiger partial charge is 0.202 e. The van der Waals surface area contributed by atoms with E-state index in [0.29, 0.717) is 0 Å². The van der Waals surface area contributed by atoms with Crippen molar-refractivity contribution >= 4 is 29.8 Å². The van der Waals surface area contributed by atoms with Gasteiger partial charge < -0.3 is 44.6 Å². The summed E-state index contributed by atoms with van der Waals surface area (Å²) in [4.78, 5) is 41.8. The lowest BCUT2D eigenvalue weighted by molar-refractivity contribution is -0.256. The van der Waals surface area contributed by atoms with E-state index in [4.69, 9.17) is 14.2 Å². The summed E-state index contributed by atoms with van der Waals surface area (Å²) in [5.41, 5.74) is -3.51. The highest BCUT2D eigenvalue weighted by Gasteiger charge is 2.50. The molecular weight excluding hydrogens is 574 g/mol. The number of hydrogen-bond donors (Lipinski definition) is 5.